The fourth-order valence-corrected chi connectivity index (χ4v) is 7.23. The highest BCUT2D eigenvalue weighted by atomic mass is 32.2. The van der Waals surface area contributed by atoms with Crippen LogP contribution in [0.3, 0.4) is 0 Å². The second-order valence-corrected chi connectivity index (χ2v) is 13.9. The number of amides is 1. The number of carbonyl (C=O) groups excluding carboxylic acids is 1. The van der Waals surface area contributed by atoms with Gasteiger partial charge in [-0.2, -0.15) is 0 Å². The number of hydrogen-bond donors (Lipinski definition) is 1. The van der Waals surface area contributed by atoms with Gasteiger partial charge in [0.05, 0.1) is 12.3 Å². The van der Waals surface area contributed by atoms with Gasteiger partial charge in [0, 0.05) is 50.2 Å². The van der Waals surface area contributed by atoms with Crippen LogP contribution >= 0.6 is 0 Å². The van der Waals surface area contributed by atoms with Crippen LogP contribution in [-0.4, -0.2) is 62.6 Å². The van der Waals surface area contributed by atoms with Gasteiger partial charge in [-0.25, -0.2) is 8.42 Å². The van der Waals surface area contributed by atoms with Crippen molar-refractivity contribution in [1.82, 2.24) is 9.80 Å². The second-order valence-electron chi connectivity index (χ2n) is 12.3. The fourth-order valence-electron chi connectivity index (χ4n) is 5.98. The Kier molecular flexibility index (Phi) is 10.7. The lowest BCUT2D eigenvalue weighted by atomic mass is 9.79. The Morgan fingerprint density at radius 2 is 1.82 bits per heavy atom. The Hall–Kier alpha value is -3.95. The number of aliphatic imine (C=N–C) groups is 1. The van der Waals surface area contributed by atoms with E-state index < -0.39 is 10.0 Å². The summed E-state index contributed by atoms with van der Waals surface area (Å²) in [5, 5.41) is 0. The van der Waals surface area contributed by atoms with E-state index in [0.717, 1.165) is 44.3 Å². The summed E-state index contributed by atoms with van der Waals surface area (Å²) in [7, 11) is -3.93. The summed E-state index contributed by atoms with van der Waals surface area (Å²) >= 11 is 0. The number of sulfonamides is 1. The maximum Gasteiger partial charge on any atom is 0.264 e. The van der Waals surface area contributed by atoms with Crippen molar-refractivity contribution in [3.8, 4) is 5.75 Å². The van der Waals surface area contributed by atoms with Gasteiger partial charge in [0.1, 0.15) is 10.7 Å². The van der Waals surface area contributed by atoms with E-state index in [2.05, 4.69) is 59.0 Å². The number of rotatable bonds is 12. The predicted octanol–water partition coefficient (Wildman–Crippen LogP) is 6.58. The summed E-state index contributed by atoms with van der Waals surface area (Å²) in [6.45, 7) is 14.3. The largest absolute Gasteiger partial charge is 0.493 e. The number of ether oxygens (including phenoxy) is 1. The normalized spacial score (nSPS) is 19.4. The van der Waals surface area contributed by atoms with Crippen molar-refractivity contribution in [2.24, 2.45) is 16.8 Å². The molecule has 9 heteroatoms. The molecule has 2 aromatic rings. The number of allylic oxidation sites excluding steroid dienone is 5. The molecule has 45 heavy (non-hydrogen) atoms. The smallest absolute Gasteiger partial charge is 0.264 e. The number of hydrogen-bond acceptors (Lipinski definition) is 6. The molecule has 2 aromatic carbocycles. The quantitative estimate of drug-likeness (QED) is 0.287. The molecule has 2 fully saturated rings. The van der Waals surface area contributed by atoms with Gasteiger partial charge in [-0.3, -0.25) is 19.4 Å². The topological polar surface area (TPSA) is 91.3 Å². The number of carbonyl (C=O) groups is 1. The molecular weight excluding hydrogens is 584 g/mol. The Morgan fingerprint density at radius 3 is 2.51 bits per heavy atom. The zero-order chi connectivity index (χ0) is 31.8. The third-order valence-electron chi connectivity index (χ3n) is 8.68. The molecule has 1 saturated heterocycles. The molecule has 0 aromatic heterocycles. The third kappa shape index (κ3) is 8.61. The predicted molar refractivity (Wildman–Crippen MR) is 182 cm³/mol. The molecule has 3 aliphatic rings. The van der Waals surface area contributed by atoms with Gasteiger partial charge >= 0.3 is 0 Å². The minimum Gasteiger partial charge on any atom is -0.493 e. The summed E-state index contributed by atoms with van der Waals surface area (Å²) in [6, 6.07) is 14.9. The zero-order valence-electron chi connectivity index (χ0n) is 26.2. The molecule has 1 N–H and O–H groups in total. The van der Waals surface area contributed by atoms with Gasteiger partial charge in [-0.05, 0) is 78.3 Å². The standard InChI is InChI=1S/C36H44N4O4S/c1-4-37-35-28(3)8-5-11-34(35)45(42,43)38-32-16-14-31(15-17-32)36(41)40-21-7-20-39(22-23-40)25-30-12-18-33(19-13-30)44-26-27(2)24-29-9-6-10-29/h4-5,8,11-19,27,29,38H,1,3,6-7,9-10,20-26H2,2H3. The molecule has 5 rings (SSSR count). The van der Waals surface area contributed by atoms with E-state index in [4.69, 9.17) is 4.74 Å². The van der Waals surface area contributed by atoms with Crippen LogP contribution < -0.4 is 9.46 Å². The van der Waals surface area contributed by atoms with Crippen molar-refractivity contribution in [3.05, 3.63) is 108 Å². The highest BCUT2D eigenvalue weighted by molar-refractivity contribution is 7.97. The van der Waals surface area contributed by atoms with Gasteiger partial charge in [0.15, 0.2) is 0 Å². The van der Waals surface area contributed by atoms with Crippen LogP contribution in [0.15, 0.2) is 102 Å². The maximum absolute atomic E-state index is 13.3. The van der Waals surface area contributed by atoms with E-state index >= 15 is 0 Å². The lowest BCUT2D eigenvalue weighted by molar-refractivity contribution is 0.0761. The maximum atomic E-state index is 13.3. The summed E-state index contributed by atoms with van der Waals surface area (Å²) < 4.78 is 34.9. The molecule has 0 bridgehead atoms. The molecule has 238 valence electrons. The van der Waals surface area contributed by atoms with E-state index in [-0.39, 0.29) is 16.5 Å². The minimum absolute atomic E-state index is 0.0116. The first-order valence-corrected chi connectivity index (χ1v) is 17.3. The van der Waals surface area contributed by atoms with Crippen LogP contribution in [0.2, 0.25) is 0 Å². The van der Waals surface area contributed by atoms with E-state index in [1.165, 1.54) is 43.5 Å². The van der Waals surface area contributed by atoms with Crippen molar-refractivity contribution < 1.29 is 17.9 Å². The second kappa shape index (κ2) is 14.9. The Bertz CT molecular complexity index is 1570. The van der Waals surface area contributed by atoms with Crippen molar-refractivity contribution in [3.63, 3.8) is 0 Å². The molecule has 0 radical (unpaired) electrons. The lowest BCUT2D eigenvalue weighted by Crippen LogP contribution is -2.35. The summed E-state index contributed by atoms with van der Waals surface area (Å²) in [5.74, 6) is 2.34. The van der Waals surface area contributed by atoms with Gasteiger partial charge in [0.2, 0.25) is 0 Å². The number of nitrogens with one attached hydrogen (secondary N) is 1. The summed E-state index contributed by atoms with van der Waals surface area (Å²) in [5.41, 5.74) is 2.83. The van der Waals surface area contributed by atoms with E-state index in [1.807, 2.05) is 4.90 Å². The van der Waals surface area contributed by atoms with Crippen molar-refractivity contribution >= 4 is 27.3 Å². The highest BCUT2D eigenvalue weighted by Gasteiger charge is 2.26. The Morgan fingerprint density at radius 1 is 1.07 bits per heavy atom. The molecule has 1 amide bonds. The number of benzene rings is 2. The number of nitrogens with zero attached hydrogens (tertiary/aromatic N) is 3. The highest BCUT2D eigenvalue weighted by Crippen LogP contribution is 2.32. The van der Waals surface area contributed by atoms with Gasteiger partial charge in [0.25, 0.3) is 15.9 Å². The average molecular weight is 629 g/mol. The zero-order valence-corrected chi connectivity index (χ0v) is 27.0. The van der Waals surface area contributed by atoms with E-state index in [1.54, 1.807) is 36.4 Å². The van der Waals surface area contributed by atoms with Gasteiger partial charge in [-0.15, -0.1) is 0 Å². The molecule has 1 unspecified atom stereocenters. The molecular formula is C36H44N4O4S. The first kappa shape index (κ1) is 32.4. The van der Waals surface area contributed by atoms with Crippen LogP contribution in [0.5, 0.6) is 5.75 Å². The minimum atomic E-state index is -3.93. The lowest BCUT2D eigenvalue weighted by Gasteiger charge is -2.28. The molecule has 8 nitrogen and oxygen atoms in total. The average Bonchev–Trinajstić information content (AvgIpc) is 3.25. The Balaban J connectivity index is 1.11. The molecule has 1 atom stereocenters. The van der Waals surface area contributed by atoms with Crippen LogP contribution in [0.25, 0.3) is 0 Å². The molecule has 2 aliphatic carbocycles. The van der Waals surface area contributed by atoms with E-state index in [9.17, 15) is 13.2 Å². The van der Waals surface area contributed by atoms with Crippen LogP contribution in [-0.2, 0) is 16.6 Å². The van der Waals surface area contributed by atoms with Gasteiger partial charge < -0.3 is 9.64 Å². The van der Waals surface area contributed by atoms with Crippen molar-refractivity contribution in [2.75, 3.05) is 37.5 Å². The molecule has 1 aliphatic heterocycles. The third-order valence-corrected chi connectivity index (χ3v) is 10.1. The van der Waals surface area contributed by atoms with Crippen molar-refractivity contribution in [2.45, 2.75) is 45.6 Å². The Labute approximate surface area is 267 Å². The SMILES string of the molecule is C=CN=C1C(=C)C=CC=C1S(=O)(=O)Nc1ccc(C(=O)N2CCCN(Cc3ccc(OCC(C)CC4CCC4)cc3)CC2)cc1. The van der Waals surface area contributed by atoms with Gasteiger partial charge in [-0.1, -0.05) is 63.6 Å². The summed E-state index contributed by atoms with van der Waals surface area (Å²) in [6.07, 6.45) is 12.4. The first-order valence-electron chi connectivity index (χ1n) is 15.8. The van der Waals surface area contributed by atoms with Crippen LogP contribution in [0, 0.1) is 11.8 Å². The fraction of sp³-hybridized carbons (Fsp3) is 0.389. The monoisotopic (exact) mass is 628 g/mol. The van der Waals surface area contributed by atoms with Crippen molar-refractivity contribution in [1.29, 1.82) is 0 Å². The summed E-state index contributed by atoms with van der Waals surface area (Å²) in [4.78, 5) is 21.7. The molecule has 0 spiro atoms. The molecule has 1 heterocycles. The first-order chi connectivity index (χ1) is 21.7. The number of anilines is 1. The molecule has 1 saturated carbocycles. The van der Waals surface area contributed by atoms with E-state index in [0.29, 0.717) is 35.8 Å². The van der Waals surface area contributed by atoms with Crippen LogP contribution in [0.1, 0.15) is 54.9 Å². The van der Waals surface area contributed by atoms with Crippen LogP contribution in [0.4, 0.5) is 5.69 Å².